The standard InChI is InChI=1S/C27H40F3N5O2/c1-16(2)33-26(34-17(3)20-11-21(27(28,29)30)13-22(31)12-20)23-7-5-18(6-8-24(23)32)19-9-10-35(14-19)25(36)15-37-4/h8-9,11-12,17-18,22-23,26,33-34H,1,5-7,10,13-15,31-32H2,2-4H3. The van der Waals surface area contributed by atoms with Crippen molar-refractivity contribution in [1.82, 2.24) is 15.5 Å². The topological polar surface area (TPSA) is 106 Å². The third kappa shape index (κ3) is 7.72. The summed E-state index contributed by atoms with van der Waals surface area (Å²) in [6, 6.07) is -1.09. The second kappa shape index (κ2) is 12.3. The Balaban J connectivity index is 1.71. The molecule has 2 aliphatic carbocycles. The minimum Gasteiger partial charge on any atom is -0.402 e. The number of halogens is 3. The molecule has 3 rings (SSSR count). The molecule has 3 aliphatic rings. The molecule has 0 saturated heterocycles. The largest absolute Gasteiger partial charge is 0.412 e. The van der Waals surface area contributed by atoms with Crippen molar-refractivity contribution in [2.45, 2.75) is 64.0 Å². The van der Waals surface area contributed by atoms with Gasteiger partial charge in [0, 0.05) is 55.2 Å². The number of nitrogens with one attached hydrogen (secondary N) is 2. The molecule has 1 heterocycles. The van der Waals surface area contributed by atoms with Crippen LogP contribution in [0.25, 0.3) is 0 Å². The van der Waals surface area contributed by atoms with E-state index >= 15 is 0 Å². The molecule has 206 valence electrons. The summed E-state index contributed by atoms with van der Waals surface area (Å²) in [5.74, 6) is 0.142. The van der Waals surface area contributed by atoms with Crippen LogP contribution in [0, 0.1) is 11.8 Å². The van der Waals surface area contributed by atoms with E-state index in [9.17, 15) is 18.0 Å². The molecule has 5 atom stereocenters. The molecule has 0 aromatic heterocycles. The zero-order valence-electron chi connectivity index (χ0n) is 21.9. The number of hydrogen-bond donors (Lipinski definition) is 4. The Hall–Kier alpha value is -2.56. The lowest BCUT2D eigenvalue weighted by Gasteiger charge is -2.34. The molecule has 1 amide bonds. The minimum atomic E-state index is -4.41. The molecular formula is C27H40F3N5O2. The number of nitrogens with zero attached hydrogens (tertiary/aromatic N) is 1. The number of carbonyl (C=O) groups is 1. The Morgan fingerprint density at radius 1 is 1.32 bits per heavy atom. The van der Waals surface area contributed by atoms with Crippen molar-refractivity contribution in [1.29, 1.82) is 0 Å². The smallest absolute Gasteiger partial charge is 0.402 e. The highest BCUT2D eigenvalue weighted by atomic mass is 19.4. The molecular weight excluding hydrogens is 483 g/mol. The molecule has 10 heteroatoms. The molecule has 1 aliphatic heterocycles. The lowest BCUT2D eigenvalue weighted by atomic mass is 9.89. The van der Waals surface area contributed by atoms with Crippen LogP contribution in [0.3, 0.4) is 0 Å². The number of nitrogens with two attached hydrogens (primary N) is 2. The molecule has 7 nitrogen and oxygen atoms in total. The molecule has 0 fully saturated rings. The lowest BCUT2D eigenvalue weighted by Crippen LogP contribution is -2.52. The summed E-state index contributed by atoms with van der Waals surface area (Å²) in [5.41, 5.74) is 15.0. The zero-order valence-corrected chi connectivity index (χ0v) is 21.9. The van der Waals surface area contributed by atoms with Gasteiger partial charge >= 0.3 is 6.18 Å². The van der Waals surface area contributed by atoms with Gasteiger partial charge in [0.15, 0.2) is 0 Å². The van der Waals surface area contributed by atoms with Crippen molar-refractivity contribution in [3.05, 3.63) is 59.0 Å². The van der Waals surface area contributed by atoms with Crippen molar-refractivity contribution in [2.24, 2.45) is 23.3 Å². The van der Waals surface area contributed by atoms with Crippen LogP contribution in [-0.4, -0.2) is 62.0 Å². The van der Waals surface area contributed by atoms with Crippen molar-refractivity contribution in [3.63, 3.8) is 0 Å². The summed E-state index contributed by atoms with van der Waals surface area (Å²) in [4.78, 5) is 14.0. The monoisotopic (exact) mass is 523 g/mol. The number of rotatable bonds is 9. The second-order valence-corrected chi connectivity index (χ2v) is 10.3. The maximum atomic E-state index is 13.4. The lowest BCUT2D eigenvalue weighted by molar-refractivity contribution is -0.133. The number of alkyl halides is 3. The van der Waals surface area contributed by atoms with Gasteiger partial charge < -0.3 is 26.4 Å². The first-order valence-corrected chi connectivity index (χ1v) is 12.7. The van der Waals surface area contributed by atoms with E-state index in [1.165, 1.54) is 18.8 Å². The predicted molar refractivity (Wildman–Crippen MR) is 139 cm³/mol. The molecule has 37 heavy (non-hydrogen) atoms. The fourth-order valence-electron chi connectivity index (χ4n) is 5.29. The van der Waals surface area contributed by atoms with Gasteiger partial charge in [-0.05, 0) is 62.7 Å². The highest BCUT2D eigenvalue weighted by Gasteiger charge is 2.37. The average molecular weight is 524 g/mol. The van der Waals surface area contributed by atoms with Gasteiger partial charge in [-0.1, -0.05) is 24.8 Å². The van der Waals surface area contributed by atoms with Gasteiger partial charge in [-0.2, -0.15) is 13.2 Å². The number of carbonyl (C=O) groups excluding carboxylic acids is 1. The normalized spacial score (nSPS) is 26.4. The molecule has 0 spiro atoms. The molecule has 0 bridgehead atoms. The fraction of sp³-hybridized carbons (Fsp3) is 0.593. The van der Waals surface area contributed by atoms with E-state index in [2.05, 4.69) is 23.3 Å². The minimum absolute atomic E-state index is 0.0290. The number of hydrogen-bond acceptors (Lipinski definition) is 6. The fourth-order valence-corrected chi connectivity index (χ4v) is 5.29. The van der Waals surface area contributed by atoms with Gasteiger partial charge in [0.25, 0.3) is 0 Å². The van der Waals surface area contributed by atoms with E-state index in [-0.39, 0.29) is 36.9 Å². The van der Waals surface area contributed by atoms with E-state index in [4.69, 9.17) is 16.2 Å². The maximum Gasteiger partial charge on any atom is 0.412 e. The van der Waals surface area contributed by atoms with Crippen molar-refractivity contribution >= 4 is 5.91 Å². The summed E-state index contributed by atoms with van der Waals surface area (Å²) in [5, 5.41) is 6.79. The van der Waals surface area contributed by atoms with Gasteiger partial charge in [0.05, 0.1) is 6.17 Å². The van der Waals surface area contributed by atoms with E-state index in [0.29, 0.717) is 18.7 Å². The Labute approximate surface area is 217 Å². The number of amides is 1. The first-order valence-electron chi connectivity index (χ1n) is 12.7. The Bertz CT molecular complexity index is 985. The Morgan fingerprint density at radius 3 is 2.70 bits per heavy atom. The van der Waals surface area contributed by atoms with Crippen LogP contribution in [0.1, 0.15) is 39.5 Å². The third-order valence-electron chi connectivity index (χ3n) is 7.29. The summed E-state index contributed by atoms with van der Waals surface area (Å²) in [6.07, 6.45) is 4.50. The molecule has 0 saturated carbocycles. The van der Waals surface area contributed by atoms with Crippen molar-refractivity contribution in [2.75, 3.05) is 26.8 Å². The van der Waals surface area contributed by atoms with Gasteiger partial charge in [0.2, 0.25) is 5.91 Å². The summed E-state index contributed by atoms with van der Waals surface area (Å²) < 4.78 is 45.2. The van der Waals surface area contributed by atoms with E-state index in [1.54, 1.807) is 11.0 Å². The van der Waals surface area contributed by atoms with Crippen LogP contribution >= 0.6 is 0 Å². The zero-order chi connectivity index (χ0) is 27.3. The summed E-state index contributed by atoms with van der Waals surface area (Å²) in [7, 11) is 1.51. The Morgan fingerprint density at radius 2 is 2.05 bits per heavy atom. The van der Waals surface area contributed by atoms with Gasteiger partial charge in [0.1, 0.15) is 6.61 Å². The first-order chi connectivity index (χ1) is 17.4. The van der Waals surface area contributed by atoms with Gasteiger partial charge in [-0.15, -0.1) is 0 Å². The van der Waals surface area contributed by atoms with Crippen LogP contribution in [0.15, 0.2) is 59.0 Å². The van der Waals surface area contributed by atoms with Crippen LogP contribution in [-0.2, 0) is 9.53 Å². The molecule has 5 unspecified atom stereocenters. The quantitative estimate of drug-likeness (QED) is 0.273. The van der Waals surface area contributed by atoms with Crippen LogP contribution in [0.2, 0.25) is 0 Å². The number of ether oxygens (including phenoxy) is 1. The van der Waals surface area contributed by atoms with E-state index in [0.717, 1.165) is 30.7 Å². The van der Waals surface area contributed by atoms with E-state index in [1.807, 2.05) is 19.9 Å². The molecule has 0 aromatic rings. The van der Waals surface area contributed by atoms with Gasteiger partial charge in [-0.3, -0.25) is 10.1 Å². The van der Waals surface area contributed by atoms with Crippen molar-refractivity contribution in [3.8, 4) is 0 Å². The van der Waals surface area contributed by atoms with Gasteiger partial charge in [-0.25, -0.2) is 0 Å². The highest BCUT2D eigenvalue weighted by Crippen LogP contribution is 2.35. The van der Waals surface area contributed by atoms with Crippen LogP contribution in [0.4, 0.5) is 13.2 Å². The summed E-state index contributed by atoms with van der Waals surface area (Å²) in [6.45, 7) is 8.88. The maximum absolute atomic E-state index is 13.4. The number of allylic oxidation sites excluding steroid dienone is 2. The van der Waals surface area contributed by atoms with Crippen LogP contribution in [0.5, 0.6) is 0 Å². The third-order valence-corrected chi connectivity index (χ3v) is 7.29. The first kappa shape index (κ1) is 29.0. The molecule has 0 radical (unpaired) electrons. The molecule has 0 aromatic carbocycles. The summed E-state index contributed by atoms with van der Waals surface area (Å²) >= 11 is 0. The number of methoxy groups -OCH3 is 1. The molecule has 6 N–H and O–H groups in total. The SMILES string of the molecule is C=C(C)NC(NC(C)C1=CC(N)CC(C(F)(F)F)=C1)C1CCC(C2=CCN(C(=O)COC)C2)CC=C1N. The second-order valence-electron chi connectivity index (χ2n) is 10.3. The highest BCUT2D eigenvalue weighted by molar-refractivity contribution is 5.78. The van der Waals surface area contributed by atoms with Crippen LogP contribution < -0.4 is 22.1 Å². The predicted octanol–water partition coefficient (Wildman–Crippen LogP) is 3.23. The van der Waals surface area contributed by atoms with Crippen molar-refractivity contribution < 1.29 is 22.7 Å². The average Bonchev–Trinajstić information content (AvgIpc) is 3.22. The van der Waals surface area contributed by atoms with E-state index < -0.39 is 23.8 Å². The Kier molecular flexibility index (Phi) is 9.66.